The molecule has 0 saturated carbocycles. The van der Waals surface area contributed by atoms with E-state index in [-0.39, 0.29) is 5.02 Å². The molecule has 0 radical (unpaired) electrons. The molecule has 0 unspecified atom stereocenters. The van der Waals surface area contributed by atoms with Gasteiger partial charge in [-0.3, -0.25) is 4.98 Å². The van der Waals surface area contributed by atoms with Gasteiger partial charge in [0.1, 0.15) is 5.52 Å². The summed E-state index contributed by atoms with van der Waals surface area (Å²) in [5.74, 6) is 0. The van der Waals surface area contributed by atoms with E-state index in [0.29, 0.717) is 23.3 Å². The Morgan fingerprint density at radius 3 is 2.64 bits per heavy atom. The van der Waals surface area contributed by atoms with Crippen LogP contribution in [0.4, 0.5) is 13.2 Å². The first-order chi connectivity index (χ1) is 10.4. The van der Waals surface area contributed by atoms with Crippen molar-refractivity contribution in [3.8, 4) is 11.3 Å². The lowest BCUT2D eigenvalue weighted by Gasteiger charge is -2.11. The normalized spacial score (nSPS) is 12.0. The third-order valence-corrected chi connectivity index (χ3v) is 3.75. The van der Waals surface area contributed by atoms with E-state index in [1.165, 1.54) is 12.1 Å². The third-order valence-electron chi connectivity index (χ3n) is 3.42. The summed E-state index contributed by atoms with van der Waals surface area (Å²) >= 11 is 5.64. The van der Waals surface area contributed by atoms with E-state index < -0.39 is 11.7 Å². The zero-order valence-electron chi connectivity index (χ0n) is 11.5. The molecule has 114 valence electrons. The highest BCUT2D eigenvalue weighted by Gasteiger charge is 2.33. The fourth-order valence-electron chi connectivity index (χ4n) is 2.27. The molecule has 0 amide bonds. The zero-order chi connectivity index (χ0) is 15.9. The first-order valence-electron chi connectivity index (χ1n) is 6.58. The van der Waals surface area contributed by atoms with Gasteiger partial charge in [-0.1, -0.05) is 17.7 Å². The third kappa shape index (κ3) is 2.54. The summed E-state index contributed by atoms with van der Waals surface area (Å²) in [5, 5.41) is -0.323. The summed E-state index contributed by atoms with van der Waals surface area (Å²) in [6.07, 6.45) is -1.26. The fraction of sp³-hybridized carbons (Fsp3) is 0.200. The second kappa shape index (κ2) is 5.28. The first-order valence-corrected chi connectivity index (χ1v) is 6.96. The quantitative estimate of drug-likeness (QED) is 0.678. The van der Waals surface area contributed by atoms with Crippen molar-refractivity contribution >= 4 is 22.6 Å². The number of alkyl halides is 3. The summed E-state index contributed by atoms with van der Waals surface area (Å²) in [7, 11) is 0. The fourth-order valence-corrected chi connectivity index (χ4v) is 2.50. The molecule has 0 saturated heterocycles. The Labute approximate surface area is 129 Å². The SMILES string of the molecule is CCn1cnc2cnc(-c3ccc(Cl)c(C(F)(F)F)c3)cc21. The summed E-state index contributed by atoms with van der Waals surface area (Å²) in [5.41, 5.74) is 1.48. The Morgan fingerprint density at radius 2 is 1.95 bits per heavy atom. The van der Waals surface area contributed by atoms with Gasteiger partial charge in [0, 0.05) is 12.1 Å². The lowest BCUT2D eigenvalue weighted by Crippen LogP contribution is -2.06. The summed E-state index contributed by atoms with van der Waals surface area (Å²) in [6.45, 7) is 2.68. The number of hydrogen-bond acceptors (Lipinski definition) is 2. The monoisotopic (exact) mass is 325 g/mol. The molecule has 0 atom stereocenters. The average molecular weight is 326 g/mol. The van der Waals surface area contributed by atoms with Crippen molar-refractivity contribution in [1.29, 1.82) is 0 Å². The molecule has 2 aromatic heterocycles. The van der Waals surface area contributed by atoms with Crippen molar-refractivity contribution in [3.63, 3.8) is 0 Å². The maximum atomic E-state index is 12.9. The van der Waals surface area contributed by atoms with Gasteiger partial charge in [0.05, 0.1) is 34.3 Å². The number of pyridine rings is 1. The average Bonchev–Trinajstić information content (AvgIpc) is 2.88. The Bertz CT molecular complexity index is 840. The summed E-state index contributed by atoms with van der Waals surface area (Å²) in [6, 6.07) is 5.51. The molecule has 0 aliphatic rings. The van der Waals surface area contributed by atoms with E-state index in [1.54, 1.807) is 18.6 Å². The smallest absolute Gasteiger partial charge is 0.331 e. The van der Waals surface area contributed by atoms with Crippen LogP contribution in [0.15, 0.2) is 36.8 Å². The molecule has 0 aliphatic carbocycles. The standard InChI is InChI=1S/C15H11ClF3N3/c1-2-22-8-21-13-7-20-12(6-14(13)22)9-3-4-11(16)10(5-9)15(17,18)19/h3-8H,2H2,1H3. The number of aryl methyl sites for hydroxylation is 1. The molecule has 7 heteroatoms. The van der Waals surface area contributed by atoms with Gasteiger partial charge in [0.15, 0.2) is 0 Å². The van der Waals surface area contributed by atoms with E-state index in [0.717, 1.165) is 11.6 Å². The molecule has 0 N–H and O–H groups in total. The molecule has 3 aromatic rings. The maximum absolute atomic E-state index is 12.9. The predicted molar refractivity (Wildman–Crippen MR) is 78.7 cm³/mol. The minimum atomic E-state index is -4.50. The van der Waals surface area contributed by atoms with E-state index in [4.69, 9.17) is 11.6 Å². The van der Waals surface area contributed by atoms with Crippen LogP contribution in [0, 0.1) is 0 Å². The van der Waals surface area contributed by atoms with Crippen LogP contribution in [0.1, 0.15) is 12.5 Å². The van der Waals surface area contributed by atoms with Crippen LogP contribution in [0.25, 0.3) is 22.3 Å². The summed E-state index contributed by atoms with van der Waals surface area (Å²) in [4.78, 5) is 8.39. The number of hydrogen-bond donors (Lipinski definition) is 0. The van der Waals surface area contributed by atoms with E-state index >= 15 is 0 Å². The number of rotatable bonds is 2. The van der Waals surface area contributed by atoms with E-state index in [2.05, 4.69) is 9.97 Å². The van der Waals surface area contributed by atoms with Crippen LogP contribution in [-0.4, -0.2) is 14.5 Å². The number of benzene rings is 1. The topological polar surface area (TPSA) is 30.7 Å². The second-order valence-corrected chi connectivity index (χ2v) is 5.19. The van der Waals surface area contributed by atoms with Gasteiger partial charge < -0.3 is 4.57 Å². The highest BCUT2D eigenvalue weighted by molar-refractivity contribution is 6.31. The zero-order valence-corrected chi connectivity index (χ0v) is 12.3. The van der Waals surface area contributed by atoms with Crippen LogP contribution in [0.3, 0.4) is 0 Å². The van der Waals surface area contributed by atoms with Gasteiger partial charge >= 0.3 is 6.18 Å². The second-order valence-electron chi connectivity index (χ2n) is 4.78. The number of halogens is 4. The molecule has 0 bridgehead atoms. The molecule has 0 spiro atoms. The minimum Gasteiger partial charge on any atom is -0.331 e. The van der Waals surface area contributed by atoms with Crippen molar-refractivity contribution in [2.75, 3.05) is 0 Å². The highest BCUT2D eigenvalue weighted by atomic mass is 35.5. The van der Waals surface area contributed by atoms with Gasteiger partial charge in [-0.2, -0.15) is 13.2 Å². The van der Waals surface area contributed by atoms with Crippen molar-refractivity contribution in [2.45, 2.75) is 19.6 Å². The van der Waals surface area contributed by atoms with Crippen LogP contribution >= 0.6 is 11.6 Å². The molecule has 22 heavy (non-hydrogen) atoms. The predicted octanol–water partition coefficient (Wildman–Crippen LogP) is 4.79. The Balaban J connectivity index is 2.15. The van der Waals surface area contributed by atoms with Crippen molar-refractivity contribution in [3.05, 3.63) is 47.4 Å². The Morgan fingerprint density at radius 1 is 1.18 bits per heavy atom. The van der Waals surface area contributed by atoms with Gasteiger partial charge in [0.2, 0.25) is 0 Å². The molecular weight excluding hydrogens is 315 g/mol. The van der Waals surface area contributed by atoms with Crippen molar-refractivity contribution in [1.82, 2.24) is 14.5 Å². The van der Waals surface area contributed by atoms with Gasteiger partial charge in [-0.15, -0.1) is 0 Å². The lowest BCUT2D eigenvalue weighted by molar-refractivity contribution is -0.137. The highest BCUT2D eigenvalue weighted by Crippen LogP contribution is 2.37. The van der Waals surface area contributed by atoms with E-state index in [1.807, 2.05) is 11.5 Å². The van der Waals surface area contributed by atoms with Gasteiger partial charge in [0.25, 0.3) is 0 Å². The molecule has 0 aliphatic heterocycles. The molecule has 3 nitrogen and oxygen atoms in total. The molecule has 2 heterocycles. The van der Waals surface area contributed by atoms with Crippen LogP contribution in [0.2, 0.25) is 5.02 Å². The number of aromatic nitrogens is 3. The molecule has 0 fully saturated rings. The number of nitrogens with zero attached hydrogens (tertiary/aromatic N) is 3. The first kappa shape index (κ1) is 14.8. The number of imidazole rings is 1. The molecule has 1 aromatic carbocycles. The van der Waals surface area contributed by atoms with Crippen molar-refractivity contribution in [2.24, 2.45) is 0 Å². The van der Waals surface area contributed by atoms with Crippen molar-refractivity contribution < 1.29 is 13.2 Å². The Kier molecular flexibility index (Phi) is 3.56. The lowest BCUT2D eigenvalue weighted by atomic mass is 10.1. The maximum Gasteiger partial charge on any atom is 0.417 e. The van der Waals surface area contributed by atoms with Crippen LogP contribution in [0.5, 0.6) is 0 Å². The van der Waals surface area contributed by atoms with Gasteiger partial charge in [-0.05, 0) is 25.1 Å². The summed E-state index contributed by atoms with van der Waals surface area (Å²) < 4.78 is 40.7. The molecular formula is C15H11ClF3N3. The molecule has 3 rings (SSSR count). The Hall–Kier alpha value is -2.08. The number of fused-ring (bicyclic) bond motifs is 1. The van der Waals surface area contributed by atoms with Gasteiger partial charge in [-0.25, -0.2) is 4.98 Å². The largest absolute Gasteiger partial charge is 0.417 e. The van der Waals surface area contributed by atoms with Crippen LogP contribution < -0.4 is 0 Å². The minimum absolute atomic E-state index is 0.323. The van der Waals surface area contributed by atoms with Crippen LogP contribution in [-0.2, 0) is 12.7 Å². The van der Waals surface area contributed by atoms with E-state index in [9.17, 15) is 13.2 Å².